The van der Waals surface area contributed by atoms with Crippen molar-refractivity contribution in [2.75, 3.05) is 10.2 Å². The van der Waals surface area contributed by atoms with Gasteiger partial charge in [0, 0.05) is 17.8 Å². The Kier molecular flexibility index (Phi) is 3.72. The predicted octanol–water partition coefficient (Wildman–Crippen LogP) is 2.32. The highest BCUT2D eigenvalue weighted by atomic mass is 16.3. The van der Waals surface area contributed by atoms with Crippen molar-refractivity contribution in [3.8, 4) is 0 Å². The molecule has 8 heteroatoms. The van der Waals surface area contributed by atoms with Gasteiger partial charge in [0.15, 0.2) is 0 Å². The summed E-state index contributed by atoms with van der Waals surface area (Å²) in [4.78, 5) is 24.3. The molecule has 3 aliphatic rings. The minimum atomic E-state index is -0.420. The lowest BCUT2D eigenvalue weighted by atomic mass is 10.0. The highest BCUT2D eigenvalue weighted by Crippen LogP contribution is 2.57. The minimum absolute atomic E-state index is 0.00661. The molecule has 1 spiro atoms. The van der Waals surface area contributed by atoms with E-state index in [1.807, 2.05) is 11.8 Å². The van der Waals surface area contributed by atoms with E-state index in [1.165, 1.54) is 0 Å². The van der Waals surface area contributed by atoms with Crippen LogP contribution in [0.2, 0.25) is 0 Å². The Bertz CT molecular complexity index is 890. The van der Waals surface area contributed by atoms with Gasteiger partial charge in [-0.3, -0.25) is 14.8 Å². The molecule has 5 rings (SSSR count). The van der Waals surface area contributed by atoms with Crippen LogP contribution in [0.3, 0.4) is 0 Å². The van der Waals surface area contributed by atoms with Crippen molar-refractivity contribution in [3.05, 3.63) is 23.7 Å². The van der Waals surface area contributed by atoms with Crippen molar-refractivity contribution in [2.24, 2.45) is 0 Å². The van der Waals surface area contributed by atoms with Crippen LogP contribution in [-0.2, 0) is 10.2 Å². The maximum Gasteiger partial charge on any atom is 0.239 e. The fourth-order valence-electron chi connectivity index (χ4n) is 4.48. The number of nitrogens with zero attached hydrogens (tertiary/aromatic N) is 4. The molecule has 27 heavy (non-hydrogen) atoms. The van der Waals surface area contributed by atoms with Crippen LogP contribution in [0.5, 0.6) is 0 Å². The standard InChI is InChI=1S/C19H24N6O2/c1-11-15(10-21-24-11)22-18-20-9-14-16(23-18)25(17(27)19(14)6-7-19)12-4-2-3-5-13(26)8-12/h9-10,12-13,26H,2-8H2,1H3,(H,21,24)(H,20,22,23)/t12-,13-/m0/s1. The second-order valence-electron chi connectivity index (χ2n) is 8.05. The van der Waals surface area contributed by atoms with Crippen molar-refractivity contribution in [1.82, 2.24) is 20.2 Å². The van der Waals surface area contributed by atoms with E-state index in [2.05, 4.69) is 20.5 Å². The summed E-state index contributed by atoms with van der Waals surface area (Å²) >= 11 is 0. The average molecular weight is 368 g/mol. The first-order valence-corrected chi connectivity index (χ1v) is 9.75. The molecule has 0 bridgehead atoms. The van der Waals surface area contributed by atoms with Gasteiger partial charge in [-0.15, -0.1) is 0 Å². The van der Waals surface area contributed by atoms with Crippen molar-refractivity contribution in [1.29, 1.82) is 0 Å². The van der Waals surface area contributed by atoms with Gasteiger partial charge in [-0.25, -0.2) is 4.98 Å². The van der Waals surface area contributed by atoms with Gasteiger partial charge in [0.1, 0.15) is 5.82 Å². The number of aromatic nitrogens is 4. The van der Waals surface area contributed by atoms with Crippen LogP contribution in [0.4, 0.5) is 17.5 Å². The number of fused-ring (bicyclic) bond motifs is 2. The van der Waals surface area contributed by atoms with E-state index in [9.17, 15) is 9.90 Å². The normalized spacial score (nSPS) is 26.1. The van der Waals surface area contributed by atoms with E-state index in [-0.39, 0.29) is 18.1 Å². The summed E-state index contributed by atoms with van der Waals surface area (Å²) in [5.41, 5.74) is 2.24. The molecule has 142 valence electrons. The lowest BCUT2D eigenvalue weighted by Gasteiger charge is -2.28. The molecule has 2 atom stereocenters. The van der Waals surface area contributed by atoms with Gasteiger partial charge in [0.2, 0.25) is 11.9 Å². The molecule has 2 fully saturated rings. The van der Waals surface area contributed by atoms with Gasteiger partial charge < -0.3 is 10.4 Å². The minimum Gasteiger partial charge on any atom is -0.393 e. The predicted molar refractivity (Wildman–Crippen MR) is 99.9 cm³/mol. The molecule has 2 aliphatic carbocycles. The van der Waals surface area contributed by atoms with Crippen molar-refractivity contribution < 1.29 is 9.90 Å². The molecule has 8 nitrogen and oxygen atoms in total. The quantitative estimate of drug-likeness (QED) is 0.718. The SMILES string of the molecule is Cc1[nH]ncc1Nc1ncc2c(n1)N([C@H]1CCCC[C@H](O)C1)C(=O)C21CC1. The molecule has 1 amide bonds. The number of aromatic amines is 1. The topological polar surface area (TPSA) is 107 Å². The molecule has 0 unspecified atom stereocenters. The first-order chi connectivity index (χ1) is 13.1. The van der Waals surface area contributed by atoms with Crippen LogP contribution >= 0.6 is 0 Å². The Labute approximate surface area is 157 Å². The number of rotatable bonds is 3. The summed E-state index contributed by atoms with van der Waals surface area (Å²) in [5.74, 6) is 1.32. The molecular formula is C19H24N6O2. The molecule has 0 aromatic carbocycles. The number of aliphatic hydroxyl groups is 1. The third-order valence-corrected chi connectivity index (χ3v) is 6.20. The van der Waals surface area contributed by atoms with Gasteiger partial charge in [0.25, 0.3) is 0 Å². The van der Waals surface area contributed by atoms with Gasteiger partial charge in [-0.1, -0.05) is 12.8 Å². The number of carbonyl (C=O) groups excluding carboxylic acids is 1. The number of aliphatic hydroxyl groups excluding tert-OH is 1. The summed E-state index contributed by atoms with van der Waals surface area (Å²) in [7, 11) is 0. The summed E-state index contributed by atoms with van der Waals surface area (Å²) in [6.07, 6.45) is 9.25. The maximum atomic E-state index is 13.3. The fraction of sp³-hybridized carbons (Fsp3) is 0.579. The summed E-state index contributed by atoms with van der Waals surface area (Å²) in [6.45, 7) is 1.92. The number of hydrogen-bond acceptors (Lipinski definition) is 6. The lowest BCUT2D eigenvalue weighted by molar-refractivity contribution is -0.120. The van der Waals surface area contributed by atoms with E-state index >= 15 is 0 Å². The molecule has 3 heterocycles. The van der Waals surface area contributed by atoms with Gasteiger partial charge in [-0.05, 0) is 39.0 Å². The van der Waals surface area contributed by atoms with Crippen LogP contribution in [0.25, 0.3) is 0 Å². The maximum absolute atomic E-state index is 13.3. The average Bonchev–Trinajstić information content (AvgIpc) is 3.35. The zero-order chi connectivity index (χ0) is 18.6. The fourth-order valence-corrected chi connectivity index (χ4v) is 4.48. The Balaban J connectivity index is 1.52. The summed E-state index contributed by atoms with van der Waals surface area (Å²) in [6, 6.07) is 0.00661. The van der Waals surface area contributed by atoms with Crippen LogP contribution in [0.1, 0.15) is 56.2 Å². The van der Waals surface area contributed by atoms with Gasteiger partial charge in [0.05, 0.1) is 29.1 Å². The van der Waals surface area contributed by atoms with E-state index in [0.717, 1.165) is 61.3 Å². The number of hydrogen-bond donors (Lipinski definition) is 3. The molecular weight excluding hydrogens is 344 g/mol. The lowest BCUT2D eigenvalue weighted by Crippen LogP contribution is -2.42. The number of carbonyl (C=O) groups is 1. The van der Waals surface area contributed by atoms with Crippen molar-refractivity contribution in [3.63, 3.8) is 0 Å². The summed E-state index contributed by atoms with van der Waals surface area (Å²) in [5, 5.41) is 20.3. The highest BCUT2D eigenvalue weighted by molar-refractivity contribution is 6.09. The molecule has 2 saturated carbocycles. The molecule has 0 saturated heterocycles. The molecule has 0 radical (unpaired) electrons. The van der Waals surface area contributed by atoms with Crippen molar-refractivity contribution >= 4 is 23.4 Å². The third-order valence-electron chi connectivity index (χ3n) is 6.20. The van der Waals surface area contributed by atoms with Gasteiger partial charge >= 0.3 is 0 Å². The van der Waals surface area contributed by atoms with Crippen LogP contribution in [-0.4, -0.2) is 43.3 Å². The zero-order valence-electron chi connectivity index (χ0n) is 15.4. The first kappa shape index (κ1) is 16.7. The van der Waals surface area contributed by atoms with Crippen LogP contribution in [0.15, 0.2) is 12.4 Å². The first-order valence-electron chi connectivity index (χ1n) is 9.75. The monoisotopic (exact) mass is 368 g/mol. The van der Waals surface area contributed by atoms with Crippen LogP contribution < -0.4 is 10.2 Å². The van der Waals surface area contributed by atoms with Gasteiger partial charge in [-0.2, -0.15) is 10.1 Å². The van der Waals surface area contributed by atoms with E-state index in [1.54, 1.807) is 12.4 Å². The van der Waals surface area contributed by atoms with E-state index in [0.29, 0.717) is 12.4 Å². The molecule has 2 aromatic heterocycles. The number of nitrogens with one attached hydrogen (secondary N) is 2. The Morgan fingerprint density at radius 2 is 2.11 bits per heavy atom. The Morgan fingerprint density at radius 1 is 1.30 bits per heavy atom. The van der Waals surface area contributed by atoms with Crippen molar-refractivity contribution in [2.45, 2.75) is 69.4 Å². The number of H-pyrrole nitrogens is 1. The molecule has 1 aliphatic heterocycles. The second-order valence-corrected chi connectivity index (χ2v) is 8.05. The number of aryl methyl sites for hydroxylation is 1. The summed E-state index contributed by atoms with van der Waals surface area (Å²) < 4.78 is 0. The van der Waals surface area contributed by atoms with E-state index in [4.69, 9.17) is 4.98 Å². The zero-order valence-corrected chi connectivity index (χ0v) is 15.4. The second kappa shape index (κ2) is 6.02. The number of amides is 1. The number of anilines is 3. The third kappa shape index (κ3) is 2.62. The molecule has 3 N–H and O–H groups in total. The highest BCUT2D eigenvalue weighted by Gasteiger charge is 2.61. The van der Waals surface area contributed by atoms with Crippen LogP contribution in [0, 0.1) is 6.92 Å². The smallest absolute Gasteiger partial charge is 0.239 e. The Hall–Kier alpha value is -2.48. The Morgan fingerprint density at radius 3 is 2.85 bits per heavy atom. The van der Waals surface area contributed by atoms with E-state index < -0.39 is 5.41 Å². The largest absolute Gasteiger partial charge is 0.393 e. The molecule has 2 aromatic rings.